The van der Waals surface area contributed by atoms with E-state index in [4.69, 9.17) is 10.6 Å². The molecule has 0 spiro atoms. The average Bonchev–Trinajstić information content (AvgIpc) is 2.37. The molecule has 6 heteroatoms. The van der Waals surface area contributed by atoms with Gasteiger partial charge in [0.2, 0.25) is 0 Å². The maximum absolute atomic E-state index is 5.46. The largest absolute Gasteiger partial charge is 0.377 e. The fraction of sp³-hybridized carbons (Fsp3) is 0.667. The second kappa shape index (κ2) is 5.97. The molecule has 0 amide bonds. The Labute approximate surface area is 108 Å². The number of methoxy groups -OCH3 is 1. The quantitative estimate of drug-likeness (QED) is 0.526. The number of hydrogen-bond acceptors (Lipinski definition) is 6. The van der Waals surface area contributed by atoms with Crippen LogP contribution in [-0.4, -0.2) is 29.2 Å². The van der Waals surface area contributed by atoms with Crippen LogP contribution < -0.4 is 16.6 Å². The first-order valence-corrected chi connectivity index (χ1v) is 6.06. The number of ether oxygens (including phenoxy) is 1. The first-order valence-electron chi connectivity index (χ1n) is 6.06. The van der Waals surface area contributed by atoms with Crippen LogP contribution in [0, 0.1) is 6.92 Å². The Morgan fingerprint density at radius 2 is 1.89 bits per heavy atom. The van der Waals surface area contributed by atoms with Gasteiger partial charge in [-0.2, -0.15) is 0 Å². The number of aromatic nitrogens is 2. The van der Waals surface area contributed by atoms with E-state index in [2.05, 4.69) is 20.7 Å². The Bertz CT molecular complexity index is 406. The van der Waals surface area contributed by atoms with Crippen molar-refractivity contribution < 1.29 is 4.74 Å². The predicted molar refractivity (Wildman–Crippen MR) is 73.5 cm³/mol. The Morgan fingerprint density at radius 3 is 2.39 bits per heavy atom. The molecule has 0 saturated carbocycles. The molecule has 6 nitrogen and oxygen atoms in total. The van der Waals surface area contributed by atoms with Gasteiger partial charge in [-0.1, -0.05) is 6.92 Å². The first-order chi connectivity index (χ1) is 8.43. The Balaban J connectivity index is 2.94. The highest BCUT2D eigenvalue weighted by molar-refractivity contribution is 5.56. The maximum Gasteiger partial charge on any atom is 0.148 e. The summed E-state index contributed by atoms with van der Waals surface area (Å²) in [5.41, 5.74) is 3.25. The molecule has 0 aromatic carbocycles. The van der Waals surface area contributed by atoms with Crippen LogP contribution in [0.3, 0.4) is 0 Å². The van der Waals surface area contributed by atoms with E-state index in [0.29, 0.717) is 12.4 Å². The van der Waals surface area contributed by atoms with Crippen molar-refractivity contribution in [1.29, 1.82) is 0 Å². The SMILES string of the molecule is CCc1nc(NN)c(C)c(NCC(C)(C)OC)n1. The molecule has 0 aliphatic carbocycles. The van der Waals surface area contributed by atoms with Crippen LogP contribution in [0.15, 0.2) is 0 Å². The lowest BCUT2D eigenvalue weighted by Gasteiger charge is -2.24. The number of hydrogen-bond donors (Lipinski definition) is 3. The lowest BCUT2D eigenvalue weighted by Crippen LogP contribution is -2.32. The zero-order valence-electron chi connectivity index (χ0n) is 11.8. The van der Waals surface area contributed by atoms with Gasteiger partial charge in [0.1, 0.15) is 17.5 Å². The van der Waals surface area contributed by atoms with Crippen LogP contribution in [0.25, 0.3) is 0 Å². The monoisotopic (exact) mass is 253 g/mol. The van der Waals surface area contributed by atoms with Crippen molar-refractivity contribution in [3.63, 3.8) is 0 Å². The summed E-state index contributed by atoms with van der Waals surface area (Å²) in [7, 11) is 1.69. The molecule has 0 unspecified atom stereocenters. The number of nitrogens with two attached hydrogens (primary N) is 1. The number of nitrogens with zero attached hydrogens (tertiary/aromatic N) is 2. The van der Waals surface area contributed by atoms with Gasteiger partial charge >= 0.3 is 0 Å². The van der Waals surface area contributed by atoms with Crippen molar-refractivity contribution in [3.05, 3.63) is 11.4 Å². The minimum absolute atomic E-state index is 0.250. The maximum atomic E-state index is 5.46. The minimum atomic E-state index is -0.250. The van der Waals surface area contributed by atoms with Gasteiger partial charge in [0.15, 0.2) is 0 Å². The van der Waals surface area contributed by atoms with Crippen molar-refractivity contribution in [3.8, 4) is 0 Å². The smallest absolute Gasteiger partial charge is 0.148 e. The normalized spacial score (nSPS) is 11.4. The van der Waals surface area contributed by atoms with E-state index in [1.54, 1.807) is 7.11 Å². The molecule has 0 aliphatic heterocycles. The fourth-order valence-corrected chi connectivity index (χ4v) is 1.40. The van der Waals surface area contributed by atoms with E-state index in [1.165, 1.54) is 0 Å². The van der Waals surface area contributed by atoms with Gasteiger partial charge in [-0.25, -0.2) is 15.8 Å². The molecule has 0 saturated heterocycles. The number of anilines is 2. The van der Waals surface area contributed by atoms with Crippen LogP contribution in [0.5, 0.6) is 0 Å². The number of nitrogens with one attached hydrogen (secondary N) is 2. The van der Waals surface area contributed by atoms with E-state index < -0.39 is 0 Å². The summed E-state index contributed by atoms with van der Waals surface area (Å²) in [5.74, 6) is 7.66. The fourth-order valence-electron chi connectivity index (χ4n) is 1.40. The highest BCUT2D eigenvalue weighted by Crippen LogP contribution is 2.20. The molecular formula is C12H23N5O. The summed E-state index contributed by atoms with van der Waals surface area (Å²) in [6, 6.07) is 0. The summed E-state index contributed by atoms with van der Waals surface area (Å²) in [4.78, 5) is 8.78. The van der Waals surface area contributed by atoms with Crippen molar-refractivity contribution in [1.82, 2.24) is 9.97 Å². The van der Waals surface area contributed by atoms with Crippen molar-refractivity contribution in [2.24, 2.45) is 5.84 Å². The molecule has 4 N–H and O–H groups in total. The molecule has 1 heterocycles. The Kier molecular flexibility index (Phi) is 4.86. The third kappa shape index (κ3) is 3.54. The zero-order chi connectivity index (χ0) is 13.8. The molecule has 102 valence electrons. The number of nitrogen functional groups attached to an aromatic ring is 1. The summed E-state index contributed by atoms with van der Waals surface area (Å²) in [6.45, 7) is 8.62. The number of rotatable bonds is 6. The van der Waals surface area contributed by atoms with Crippen LogP contribution in [0.4, 0.5) is 11.6 Å². The summed E-state index contributed by atoms with van der Waals surface area (Å²) in [6.07, 6.45) is 0.761. The van der Waals surface area contributed by atoms with Gasteiger partial charge in [0.25, 0.3) is 0 Å². The molecule has 0 aliphatic rings. The Morgan fingerprint density at radius 1 is 1.28 bits per heavy atom. The van der Waals surface area contributed by atoms with Crippen molar-refractivity contribution in [2.75, 3.05) is 24.4 Å². The highest BCUT2D eigenvalue weighted by atomic mass is 16.5. The highest BCUT2D eigenvalue weighted by Gasteiger charge is 2.17. The first kappa shape index (κ1) is 14.7. The zero-order valence-corrected chi connectivity index (χ0v) is 11.8. The number of hydrazine groups is 1. The van der Waals surface area contributed by atoms with E-state index in [1.807, 2.05) is 27.7 Å². The topological polar surface area (TPSA) is 85.1 Å². The average molecular weight is 253 g/mol. The third-order valence-electron chi connectivity index (χ3n) is 2.88. The van der Waals surface area contributed by atoms with E-state index >= 15 is 0 Å². The van der Waals surface area contributed by atoms with Crippen LogP contribution in [0.1, 0.15) is 32.2 Å². The van der Waals surface area contributed by atoms with Crippen LogP contribution >= 0.6 is 0 Å². The van der Waals surface area contributed by atoms with Crippen molar-refractivity contribution >= 4 is 11.6 Å². The summed E-state index contributed by atoms with van der Waals surface area (Å²) >= 11 is 0. The molecule has 0 fully saturated rings. The van der Waals surface area contributed by atoms with Gasteiger partial charge in [0, 0.05) is 25.6 Å². The van der Waals surface area contributed by atoms with E-state index in [-0.39, 0.29) is 5.60 Å². The van der Waals surface area contributed by atoms with E-state index in [9.17, 15) is 0 Å². The van der Waals surface area contributed by atoms with Crippen molar-refractivity contribution in [2.45, 2.75) is 39.7 Å². The summed E-state index contributed by atoms with van der Waals surface area (Å²) < 4.78 is 5.37. The molecule has 1 aromatic rings. The molecule has 0 atom stereocenters. The van der Waals surface area contributed by atoms with Gasteiger partial charge in [0.05, 0.1) is 5.60 Å². The second-order valence-electron chi connectivity index (χ2n) is 4.78. The molecule has 18 heavy (non-hydrogen) atoms. The molecular weight excluding hydrogens is 230 g/mol. The number of aryl methyl sites for hydroxylation is 1. The van der Waals surface area contributed by atoms with Gasteiger partial charge in [-0.15, -0.1) is 0 Å². The lowest BCUT2D eigenvalue weighted by molar-refractivity contribution is 0.0343. The molecule has 0 bridgehead atoms. The molecule has 0 radical (unpaired) electrons. The third-order valence-corrected chi connectivity index (χ3v) is 2.88. The standard InChI is InChI=1S/C12H23N5O/c1-6-9-15-10(8(2)11(16-9)17-13)14-7-12(3,4)18-5/h6-7,13H2,1-5H3,(H2,14,15,16,17). The van der Waals surface area contributed by atoms with Gasteiger partial charge < -0.3 is 15.5 Å². The van der Waals surface area contributed by atoms with Crippen LogP contribution in [-0.2, 0) is 11.2 Å². The minimum Gasteiger partial charge on any atom is -0.377 e. The predicted octanol–water partition coefficient (Wildman–Crippen LogP) is 1.47. The van der Waals surface area contributed by atoms with E-state index in [0.717, 1.165) is 23.6 Å². The molecule has 1 aromatic heterocycles. The second-order valence-corrected chi connectivity index (χ2v) is 4.78. The Hall–Kier alpha value is -1.40. The van der Waals surface area contributed by atoms with Crippen LogP contribution in [0.2, 0.25) is 0 Å². The summed E-state index contributed by atoms with van der Waals surface area (Å²) in [5, 5.41) is 3.28. The van der Waals surface area contributed by atoms with Gasteiger partial charge in [-0.3, -0.25) is 0 Å². The van der Waals surface area contributed by atoms with Gasteiger partial charge in [-0.05, 0) is 20.8 Å². The molecule has 1 rings (SSSR count). The lowest BCUT2D eigenvalue weighted by atomic mass is 10.1.